The molecule has 0 heterocycles. The topological polar surface area (TPSA) is 140 Å². The zero-order valence-corrected chi connectivity index (χ0v) is 15.7. The fraction of sp³-hybridized carbons (Fsp3) is 0.158. The lowest BCUT2D eigenvalue weighted by Gasteiger charge is -2.15. The quantitative estimate of drug-likeness (QED) is 0.340. The van der Waals surface area contributed by atoms with E-state index in [0.29, 0.717) is 11.6 Å². The molecule has 0 atom stereocenters. The van der Waals surface area contributed by atoms with Gasteiger partial charge in [0.2, 0.25) is 0 Å². The number of aliphatic carboxylic acids is 1. The highest BCUT2D eigenvalue weighted by Gasteiger charge is 2.32. The van der Waals surface area contributed by atoms with E-state index in [1.54, 1.807) is 0 Å². The molecule has 0 saturated heterocycles. The first-order valence-corrected chi connectivity index (χ1v) is 8.40. The number of carbonyl (C=O) groups is 2. The summed E-state index contributed by atoms with van der Waals surface area (Å²) in [5, 5.41) is 13.6. The second-order valence-corrected chi connectivity index (χ2v) is 6.05. The van der Waals surface area contributed by atoms with Crippen LogP contribution in [0.1, 0.15) is 21.5 Å². The predicted molar refractivity (Wildman–Crippen MR) is 105 cm³/mol. The van der Waals surface area contributed by atoms with Gasteiger partial charge in [-0.1, -0.05) is 0 Å². The number of alkyl halides is 3. The monoisotopic (exact) mass is 424 g/mol. The number of carbonyl (C=O) groups excluding carboxylic acids is 1. The molecule has 160 valence electrons. The number of anilines is 2. The Balaban J connectivity index is 2.33. The van der Waals surface area contributed by atoms with Crippen molar-refractivity contribution in [3.8, 4) is 5.75 Å². The van der Waals surface area contributed by atoms with Gasteiger partial charge >= 0.3 is 12.1 Å². The van der Waals surface area contributed by atoms with Crippen molar-refractivity contribution in [2.75, 3.05) is 17.7 Å². The van der Waals surface area contributed by atoms with Crippen molar-refractivity contribution in [3.05, 3.63) is 59.2 Å². The Hall–Kier alpha value is -3.57. The summed E-state index contributed by atoms with van der Waals surface area (Å²) in [4.78, 5) is 23.2. The number of hydrogen-bond donors (Lipinski definition) is 5. The molecule has 0 spiro atoms. The molecule has 8 nitrogen and oxygen atoms in total. The van der Waals surface area contributed by atoms with Gasteiger partial charge in [-0.25, -0.2) is 4.79 Å². The molecule has 30 heavy (non-hydrogen) atoms. The number of benzene rings is 2. The summed E-state index contributed by atoms with van der Waals surface area (Å²) < 4.78 is 44.6. The van der Waals surface area contributed by atoms with Crippen molar-refractivity contribution < 1.29 is 32.6 Å². The van der Waals surface area contributed by atoms with Gasteiger partial charge in [0.05, 0.1) is 12.7 Å². The number of hydrogen-bond acceptors (Lipinski definition) is 6. The van der Waals surface area contributed by atoms with Crippen LogP contribution in [-0.4, -0.2) is 30.4 Å². The van der Waals surface area contributed by atoms with E-state index in [0.717, 1.165) is 12.1 Å². The molecule has 7 N–H and O–H groups in total. The number of ether oxygens (including phenoxy) is 1. The molecular weight excluding hydrogens is 405 g/mol. The van der Waals surface area contributed by atoms with Crippen LogP contribution in [0.25, 0.3) is 6.08 Å². The minimum Gasteiger partial charge on any atom is -0.496 e. The fourth-order valence-corrected chi connectivity index (χ4v) is 2.49. The van der Waals surface area contributed by atoms with Gasteiger partial charge in [-0.05, 0) is 36.4 Å². The molecule has 2 rings (SSSR count). The summed E-state index contributed by atoms with van der Waals surface area (Å²) >= 11 is 0. The Morgan fingerprint density at radius 3 is 2.40 bits per heavy atom. The van der Waals surface area contributed by atoms with E-state index in [2.05, 4.69) is 10.6 Å². The predicted octanol–water partition coefficient (Wildman–Crippen LogP) is 2.68. The van der Waals surface area contributed by atoms with Crippen LogP contribution in [0.15, 0.2) is 42.5 Å². The Bertz CT molecular complexity index is 975. The van der Waals surface area contributed by atoms with Crippen LogP contribution >= 0.6 is 0 Å². The van der Waals surface area contributed by atoms with Crippen molar-refractivity contribution >= 4 is 29.3 Å². The smallest absolute Gasteiger partial charge is 0.416 e. The van der Waals surface area contributed by atoms with Crippen molar-refractivity contribution in [1.82, 2.24) is 0 Å². The SMILES string of the molecule is COc1cc(NC(=O)c2cc(NC(N)N)cc(C(F)(F)F)c2)ccc1/C=C/C(=O)O. The van der Waals surface area contributed by atoms with Gasteiger partial charge in [0.15, 0.2) is 0 Å². The van der Waals surface area contributed by atoms with E-state index in [1.807, 2.05) is 0 Å². The number of nitrogens with one attached hydrogen (secondary N) is 2. The van der Waals surface area contributed by atoms with Crippen LogP contribution in [0.5, 0.6) is 5.75 Å². The molecule has 0 unspecified atom stereocenters. The van der Waals surface area contributed by atoms with Gasteiger partial charge in [0, 0.05) is 34.6 Å². The summed E-state index contributed by atoms with van der Waals surface area (Å²) in [6.45, 7) is 0. The minimum atomic E-state index is -4.69. The number of nitrogens with two attached hydrogens (primary N) is 2. The van der Waals surface area contributed by atoms with E-state index >= 15 is 0 Å². The zero-order chi connectivity index (χ0) is 22.5. The van der Waals surface area contributed by atoms with Crippen LogP contribution in [0.3, 0.4) is 0 Å². The highest BCUT2D eigenvalue weighted by molar-refractivity contribution is 6.05. The molecule has 0 fully saturated rings. The molecule has 11 heteroatoms. The molecule has 0 radical (unpaired) electrons. The lowest BCUT2D eigenvalue weighted by Crippen LogP contribution is -2.38. The van der Waals surface area contributed by atoms with Gasteiger partial charge in [0.1, 0.15) is 12.0 Å². The maximum absolute atomic E-state index is 13.2. The molecule has 0 bridgehead atoms. The molecular formula is C19H19F3N4O4. The van der Waals surface area contributed by atoms with E-state index in [4.69, 9.17) is 21.3 Å². The number of amides is 1. The van der Waals surface area contributed by atoms with Gasteiger partial charge in [0.25, 0.3) is 5.91 Å². The van der Waals surface area contributed by atoms with Gasteiger partial charge in [-0.15, -0.1) is 0 Å². The normalized spacial score (nSPS) is 11.6. The summed E-state index contributed by atoms with van der Waals surface area (Å²) in [5.74, 6) is -1.71. The second-order valence-electron chi connectivity index (χ2n) is 6.05. The molecule has 0 aliphatic heterocycles. The van der Waals surface area contributed by atoms with E-state index in [-0.39, 0.29) is 22.7 Å². The lowest BCUT2D eigenvalue weighted by molar-refractivity contribution is -0.137. The first-order valence-electron chi connectivity index (χ1n) is 8.40. The largest absolute Gasteiger partial charge is 0.496 e. The van der Waals surface area contributed by atoms with E-state index < -0.39 is 29.9 Å². The summed E-state index contributed by atoms with van der Waals surface area (Å²) in [7, 11) is 1.35. The summed E-state index contributed by atoms with van der Waals surface area (Å²) in [6.07, 6.45) is -3.60. The van der Waals surface area contributed by atoms with Crippen molar-refractivity contribution in [1.29, 1.82) is 0 Å². The lowest BCUT2D eigenvalue weighted by atomic mass is 10.1. The first kappa shape index (κ1) is 22.7. The molecule has 0 aliphatic rings. The first-order chi connectivity index (χ1) is 14.0. The van der Waals surface area contributed by atoms with E-state index in [1.165, 1.54) is 37.5 Å². The molecule has 0 aliphatic carbocycles. The molecule has 2 aromatic carbocycles. The highest BCUT2D eigenvalue weighted by Crippen LogP contribution is 2.32. The standard InChI is InChI=1S/C19H19F3N4O4/c1-30-15-9-13(4-2-10(15)3-5-16(27)28)25-17(29)11-6-12(19(20,21)22)8-14(7-11)26-18(23)24/h2-9,18,26H,23-24H2,1H3,(H,25,29)(H,27,28)/b5-3+. The van der Waals surface area contributed by atoms with Crippen LogP contribution in [0, 0.1) is 0 Å². The number of methoxy groups -OCH3 is 1. The Kier molecular flexibility index (Phi) is 7.03. The number of carboxylic acids is 1. The van der Waals surface area contributed by atoms with Crippen LogP contribution < -0.4 is 26.8 Å². The zero-order valence-electron chi connectivity index (χ0n) is 15.7. The number of rotatable bonds is 7. The summed E-state index contributed by atoms with van der Waals surface area (Å²) in [5.41, 5.74) is 9.96. The van der Waals surface area contributed by atoms with Crippen LogP contribution in [0.2, 0.25) is 0 Å². The number of halogens is 3. The average molecular weight is 424 g/mol. The third-order valence-corrected chi connectivity index (χ3v) is 3.75. The molecule has 0 saturated carbocycles. The Morgan fingerprint density at radius 1 is 1.13 bits per heavy atom. The Morgan fingerprint density at radius 2 is 1.83 bits per heavy atom. The van der Waals surface area contributed by atoms with Gasteiger partial charge in [-0.3, -0.25) is 16.3 Å². The van der Waals surface area contributed by atoms with Crippen molar-refractivity contribution in [3.63, 3.8) is 0 Å². The summed E-state index contributed by atoms with van der Waals surface area (Å²) in [6, 6.07) is 7.01. The second kappa shape index (κ2) is 9.29. The third kappa shape index (κ3) is 6.22. The highest BCUT2D eigenvalue weighted by atomic mass is 19.4. The van der Waals surface area contributed by atoms with Crippen molar-refractivity contribution in [2.24, 2.45) is 11.5 Å². The van der Waals surface area contributed by atoms with Gasteiger partial charge < -0.3 is 20.5 Å². The van der Waals surface area contributed by atoms with Gasteiger partial charge in [-0.2, -0.15) is 13.2 Å². The Labute approximate surface area is 169 Å². The minimum absolute atomic E-state index is 0.0725. The fourth-order valence-electron chi connectivity index (χ4n) is 2.49. The van der Waals surface area contributed by atoms with E-state index in [9.17, 15) is 22.8 Å². The van der Waals surface area contributed by atoms with Crippen LogP contribution in [0.4, 0.5) is 24.5 Å². The maximum Gasteiger partial charge on any atom is 0.416 e. The van der Waals surface area contributed by atoms with Crippen molar-refractivity contribution in [2.45, 2.75) is 12.5 Å². The third-order valence-electron chi connectivity index (χ3n) is 3.75. The maximum atomic E-state index is 13.2. The number of carboxylic acid groups (broad SMARTS) is 1. The average Bonchev–Trinajstić information content (AvgIpc) is 2.65. The van der Waals surface area contributed by atoms with Crippen LogP contribution in [-0.2, 0) is 11.0 Å². The molecule has 1 amide bonds. The molecule has 0 aromatic heterocycles. The molecule has 2 aromatic rings.